The average Bonchev–Trinajstić information content (AvgIpc) is 2.98. The highest BCUT2D eigenvalue weighted by atomic mass is 16.2. The molecule has 0 fully saturated rings. The third-order valence-corrected chi connectivity index (χ3v) is 4.14. The van der Waals surface area contributed by atoms with Gasteiger partial charge in [-0.05, 0) is 23.6 Å². The van der Waals surface area contributed by atoms with E-state index in [9.17, 15) is 4.79 Å². The number of carbonyl (C=O) groups is 1. The maximum Gasteiger partial charge on any atom is 0.264 e. The number of carbonyl (C=O) groups excluding carboxylic acids is 1. The van der Waals surface area contributed by atoms with Crippen molar-refractivity contribution in [3.8, 4) is 0 Å². The first-order chi connectivity index (χ1) is 12.8. The van der Waals surface area contributed by atoms with Gasteiger partial charge in [-0.1, -0.05) is 76.6 Å². The lowest BCUT2D eigenvalue weighted by atomic mass is 10.0. The Kier molecular flexibility index (Phi) is 5.17. The predicted octanol–water partition coefficient (Wildman–Crippen LogP) is 6.33. The van der Waals surface area contributed by atoms with Crippen molar-refractivity contribution >= 4 is 33.9 Å². The first kappa shape index (κ1) is 17.9. The lowest BCUT2D eigenvalue weighted by Crippen LogP contribution is -2.31. The van der Waals surface area contributed by atoms with Crippen LogP contribution in [0.3, 0.4) is 0 Å². The van der Waals surface area contributed by atoms with Gasteiger partial charge in [0.25, 0.3) is 5.91 Å². The van der Waals surface area contributed by atoms with E-state index in [0.717, 1.165) is 39.1 Å². The van der Waals surface area contributed by atoms with Gasteiger partial charge in [-0.25, -0.2) is 4.99 Å². The van der Waals surface area contributed by atoms with Gasteiger partial charge in [0.05, 0.1) is 16.9 Å². The molecule has 0 N–H and O–H groups in total. The van der Waals surface area contributed by atoms with E-state index in [2.05, 4.69) is 26.0 Å². The Morgan fingerprint density at radius 3 is 2.15 bits per heavy atom. The fourth-order valence-corrected chi connectivity index (χ4v) is 3.23. The molecule has 0 aliphatic carbocycles. The van der Waals surface area contributed by atoms with Crippen molar-refractivity contribution in [1.29, 1.82) is 0 Å². The van der Waals surface area contributed by atoms with Gasteiger partial charge < -0.3 is 0 Å². The third-order valence-electron chi connectivity index (χ3n) is 4.14. The summed E-state index contributed by atoms with van der Waals surface area (Å²) in [5.74, 6) is 0.744. The molecule has 0 radical (unpaired) electrons. The molecule has 3 heteroatoms. The van der Waals surface area contributed by atoms with Crippen molar-refractivity contribution in [2.45, 2.75) is 34.1 Å². The standard InChI is InChI=1S/C18H10N2O.C3H8.C2H6/c21-18-13-8-2-1-7-12(13)17-19-14-9-3-5-11-6-4-10-15(16(11)14)20(17)18;1-3-2;1-2/h1-10H;3H2,1-2H3;1-2H3. The summed E-state index contributed by atoms with van der Waals surface area (Å²) in [6.45, 7) is 8.25. The number of amidine groups is 1. The fraction of sp³-hybridized carbons (Fsp3) is 0.217. The number of hydrogen-bond acceptors (Lipinski definition) is 2. The molecule has 3 aromatic rings. The first-order valence-electron chi connectivity index (χ1n) is 9.30. The minimum Gasteiger partial charge on any atom is -0.268 e. The van der Waals surface area contributed by atoms with Crippen LogP contribution in [0.25, 0.3) is 10.8 Å². The van der Waals surface area contributed by atoms with Gasteiger partial charge >= 0.3 is 0 Å². The Morgan fingerprint density at radius 1 is 0.846 bits per heavy atom. The number of aliphatic imine (C=N–C) groups is 1. The SMILES string of the molecule is CC.CCC.O=C1c2ccccc2C2=Nc3cccc4cccc(c34)N12. The molecule has 132 valence electrons. The maximum atomic E-state index is 12.7. The van der Waals surface area contributed by atoms with Crippen LogP contribution >= 0.6 is 0 Å². The largest absolute Gasteiger partial charge is 0.268 e. The molecule has 2 aliphatic heterocycles. The third kappa shape index (κ3) is 2.70. The molecule has 0 saturated heterocycles. The summed E-state index contributed by atoms with van der Waals surface area (Å²) in [4.78, 5) is 19.2. The van der Waals surface area contributed by atoms with Crippen molar-refractivity contribution in [2.24, 2.45) is 4.99 Å². The zero-order valence-electron chi connectivity index (χ0n) is 15.8. The highest BCUT2D eigenvalue weighted by molar-refractivity contribution is 6.39. The number of nitrogens with zero attached hydrogens (tertiary/aromatic N) is 2. The van der Waals surface area contributed by atoms with E-state index in [1.165, 1.54) is 6.42 Å². The molecule has 0 unspecified atom stereocenters. The van der Waals surface area contributed by atoms with Crippen LogP contribution in [0, 0.1) is 0 Å². The molecular weight excluding hydrogens is 320 g/mol. The summed E-state index contributed by atoms with van der Waals surface area (Å²) in [5.41, 5.74) is 3.49. The van der Waals surface area contributed by atoms with Crippen LogP contribution in [0.5, 0.6) is 0 Å². The van der Waals surface area contributed by atoms with Gasteiger partial charge in [-0.3, -0.25) is 9.69 Å². The lowest BCUT2D eigenvalue weighted by Gasteiger charge is -2.24. The van der Waals surface area contributed by atoms with E-state index < -0.39 is 0 Å². The summed E-state index contributed by atoms with van der Waals surface area (Å²) in [6, 6.07) is 19.7. The zero-order chi connectivity index (χ0) is 18.7. The molecule has 5 rings (SSSR count). The summed E-state index contributed by atoms with van der Waals surface area (Å²) in [6.07, 6.45) is 1.25. The van der Waals surface area contributed by atoms with Crippen molar-refractivity contribution in [2.75, 3.05) is 4.90 Å². The van der Waals surface area contributed by atoms with Crippen LogP contribution in [-0.2, 0) is 0 Å². The number of anilines is 1. The molecule has 1 amide bonds. The molecule has 2 aliphatic rings. The molecule has 0 bridgehead atoms. The molecule has 0 spiro atoms. The Morgan fingerprint density at radius 2 is 1.46 bits per heavy atom. The van der Waals surface area contributed by atoms with E-state index in [-0.39, 0.29) is 5.91 Å². The van der Waals surface area contributed by atoms with E-state index in [1.807, 2.05) is 62.4 Å². The zero-order valence-corrected chi connectivity index (χ0v) is 15.8. The summed E-state index contributed by atoms with van der Waals surface area (Å²) in [5, 5.41) is 2.15. The molecule has 3 aromatic carbocycles. The van der Waals surface area contributed by atoms with Gasteiger partial charge in [0.2, 0.25) is 0 Å². The van der Waals surface area contributed by atoms with Crippen LogP contribution in [-0.4, -0.2) is 11.7 Å². The quantitative estimate of drug-likeness (QED) is 0.469. The smallest absolute Gasteiger partial charge is 0.264 e. The highest BCUT2D eigenvalue weighted by Gasteiger charge is 2.37. The summed E-state index contributed by atoms with van der Waals surface area (Å²) >= 11 is 0. The van der Waals surface area contributed by atoms with Crippen LogP contribution in [0.15, 0.2) is 65.7 Å². The van der Waals surface area contributed by atoms with E-state index in [4.69, 9.17) is 4.99 Å². The molecule has 3 nitrogen and oxygen atoms in total. The second-order valence-corrected chi connectivity index (χ2v) is 5.98. The molecule has 2 heterocycles. The minimum atomic E-state index is 0.00588. The molecule has 0 saturated carbocycles. The van der Waals surface area contributed by atoms with Gasteiger partial charge in [0.15, 0.2) is 0 Å². The summed E-state index contributed by atoms with van der Waals surface area (Å²) in [7, 11) is 0. The van der Waals surface area contributed by atoms with Crippen LogP contribution in [0.4, 0.5) is 11.4 Å². The molecule has 0 atom stereocenters. The Hall–Kier alpha value is -2.94. The van der Waals surface area contributed by atoms with Crippen molar-refractivity contribution < 1.29 is 4.79 Å². The van der Waals surface area contributed by atoms with Crippen molar-refractivity contribution in [3.05, 3.63) is 71.8 Å². The van der Waals surface area contributed by atoms with Crippen LogP contribution in [0.1, 0.15) is 50.0 Å². The number of hydrogen-bond donors (Lipinski definition) is 0. The van der Waals surface area contributed by atoms with E-state index >= 15 is 0 Å². The van der Waals surface area contributed by atoms with Crippen molar-refractivity contribution in [3.63, 3.8) is 0 Å². The Bertz CT molecular complexity index is 983. The second-order valence-electron chi connectivity index (χ2n) is 5.98. The minimum absolute atomic E-state index is 0.00588. The van der Waals surface area contributed by atoms with Gasteiger partial charge in [-0.15, -0.1) is 0 Å². The van der Waals surface area contributed by atoms with Crippen LogP contribution < -0.4 is 4.90 Å². The number of benzene rings is 3. The normalized spacial score (nSPS) is 13.0. The summed E-state index contributed by atoms with van der Waals surface area (Å²) < 4.78 is 0. The molecule has 26 heavy (non-hydrogen) atoms. The van der Waals surface area contributed by atoms with Crippen LogP contribution in [0.2, 0.25) is 0 Å². The topological polar surface area (TPSA) is 32.7 Å². The maximum absolute atomic E-state index is 12.7. The monoisotopic (exact) mass is 344 g/mol. The van der Waals surface area contributed by atoms with Crippen molar-refractivity contribution in [1.82, 2.24) is 0 Å². The first-order valence-corrected chi connectivity index (χ1v) is 9.30. The Labute approximate surface area is 155 Å². The highest BCUT2D eigenvalue weighted by Crippen LogP contribution is 2.42. The number of amides is 1. The van der Waals surface area contributed by atoms with E-state index in [0.29, 0.717) is 0 Å². The molecular formula is C23H24N2O. The number of fused-ring (bicyclic) bond motifs is 4. The Balaban J connectivity index is 0.000000359. The average molecular weight is 344 g/mol. The molecule has 0 aromatic heterocycles. The van der Waals surface area contributed by atoms with Gasteiger partial charge in [0, 0.05) is 10.9 Å². The fourth-order valence-electron chi connectivity index (χ4n) is 3.23. The lowest BCUT2D eigenvalue weighted by molar-refractivity contribution is 0.101. The number of rotatable bonds is 0. The van der Waals surface area contributed by atoms with Gasteiger partial charge in [0.1, 0.15) is 5.84 Å². The second kappa shape index (κ2) is 7.52. The predicted molar refractivity (Wildman–Crippen MR) is 111 cm³/mol. The van der Waals surface area contributed by atoms with E-state index in [1.54, 1.807) is 4.90 Å². The van der Waals surface area contributed by atoms with Gasteiger partial charge in [-0.2, -0.15) is 0 Å².